The highest BCUT2D eigenvalue weighted by Crippen LogP contribution is 2.43. The van der Waals surface area contributed by atoms with Crippen LogP contribution in [0.5, 0.6) is 0 Å². The summed E-state index contributed by atoms with van der Waals surface area (Å²) < 4.78 is 6.82. The first kappa shape index (κ1) is 18.4. The third kappa shape index (κ3) is 4.33. The van der Waals surface area contributed by atoms with Gasteiger partial charge in [-0.25, -0.2) is 4.43 Å². The van der Waals surface area contributed by atoms with E-state index >= 15 is 0 Å². The Morgan fingerprint density at radius 1 is 1.04 bits per heavy atom. The normalized spacial score (nSPS) is 19.0. The summed E-state index contributed by atoms with van der Waals surface area (Å²) in [5, 5.41) is 0. The number of nitrogens with zero attached hydrogens (tertiary/aromatic N) is 1. The lowest BCUT2D eigenvalue weighted by Gasteiger charge is -2.30. The van der Waals surface area contributed by atoms with Crippen molar-refractivity contribution < 1.29 is 4.43 Å². The first-order valence-electron chi connectivity index (χ1n) is 9.37. The molecule has 2 nitrogen and oxygen atoms in total. The Kier molecular flexibility index (Phi) is 6.60. The van der Waals surface area contributed by atoms with Gasteiger partial charge in [0, 0.05) is 25.3 Å². The van der Waals surface area contributed by atoms with Crippen LogP contribution in [0.15, 0.2) is 24.3 Å². The molecule has 1 unspecified atom stereocenters. The van der Waals surface area contributed by atoms with Crippen LogP contribution in [0.25, 0.3) is 0 Å². The highest BCUT2D eigenvalue weighted by molar-refractivity contribution is 6.73. The van der Waals surface area contributed by atoms with Crippen LogP contribution < -0.4 is 4.90 Å². The number of anilines is 1. The highest BCUT2D eigenvalue weighted by atomic mass is 28.4. The largest absolute Gasteiger partial charge is 0.378 e. The van der Waals surface area contributed by atoms with E-state index in [9.17, 15) is 0 Å². The summed E-state index contributed by atoms with van der Waals surface area (Å²) >= 11 is 0. The lowest BCUT2D eigenvalue weighted by molar-refractivity contribution is 0.222. The van der Waals surface area contributed by atoms with Gasteiger partial charge in [-0.15, -0.1) is 0 Å². The maximum absolute atomic E-state index is 6.82. The van der Waals surface area contributed by atoms with Crippen LogP contribution >= 0.6 is 0 Å². The SMILES string of the molecule is CC[Si](CC)(CC)O[C+]1CCCCC1c1ccc(N(C)C)cc1. The molecule has 0 spiro atoms. The van der Waals surface area contributed by atoms with Gasteiger partial charge < -0.3 is 4.90 Å². The molecule has 1 atom stereocenters. The summed E-state index contributed by atoms with van der Waals surface area (Å²) in [6.45, 7) is 6.97. The molecule has 0 aromatic heterocycles. The number of benzene rings is 1. The molecule has 23 heavy (non-hydrogen) atoms. The molecule has 0 radical (unpaired) electrons. The van der Waals surface area contributed by atoms with Gasteiger partial charge in [0.2, 0.25) is 6.10 Å². The Morgan fingerprint density at radius 3 is 2.17 bits per heavy atom. The molecular weight excluding hydrogens is 298 g/mol. The Bertz CT molecular complexity index is 459. The van der Waals surface area contributed by atoms with E-state index in [2.05, 4.69) is 64.0 Å². The molecule has 1 aromatic carbocycles. The van der Waals surface area contributed by atoms with E-state index in [-0.39, 0.29) is 0 Å². The smallest absolute Gasteiger partial charge is 0.261 e. The minimum absolute atomic E-state index is 0.511. The van der Waals surface area contributed by atoms with E-state index < -0.39 is 8.32 Å². The van der Waals surface area contributed by atoms with Crippen LogP contribution in [0.3, 0.4) is 0 Å². The second-order valence-corrected chi connectivity index (χ2v) is 11.8. The zero-order valence-electron chi connectivity index (χ0n) is 15.7. The summed E-state index contributed by atoms with van der Waals surface area (Å²) in [7, 11) is 2.64. The number of hydrogen-bond donors (Lipinski definition) is 0. The lowest BCUT2D eigenvalue weighted by atomic mass is 9.82. The molecule has 0 saturated heterocycles. The fraction of sp³-hybridized carbons (Fsp3) is 0.650. The summed E-state index contributed by atoms with van der Waals surface area (Å²) in [6.07, 6.45) is 6.42. The fourth-order valence-electron chi connectivity index (χ4n) is 3.71. The monoisotopic (exact) mass is 332 g/mol. The quantitative estimate of drug-likeness (QED) is 0.451. The summed E-state index contributed by atoms with van der Waals surface area (Å²) in [4.78, 5) is 2.16. The third-order valence-corrected chi connectivity index (χ3v) is 10.2. The van der Waals surface area contributed by atoms with E-state index in [1.54, 1.807) is 0 Å². The molecule has 1 aliphatic carbocycles. The average molecular weight is 333 g/mol. The van der Waals surface area contributed by atoms with E-state index in [0.29, 0.717) is 5.92 Å². The van der Waals surface area contributed by atoms with Crippen LogP contribution in [0.1, 0.15) is 57.9 Å². The van der Waals surface area contributed by atoms with Gasteiger partial charge in [-0.2, -0.15) is 0 Å². The standard InChI is InChI=1S/C20H34NOSi/c1-6-23(7-2,8-3)22-20-12-10-9-11-19(20)17-13-15-18(16-14-17)21(4)5/h13-16,19H,6-12H2,1-5H3/q+1. The second kappa shape index (κ2) is 8.25. The van der Waals surface area contributed by atoms with Gasteiger partial charge in [0.05, 0.1) is 0 Å². The molecule has 1 saturated carbocycles. The topological polar surface area (TPSA) is 12.5 Å². The van der Waals surface area contributed by atoms with E-state index in [4.69, 9.17) is 4.43 Å². The molecule has 0 aliphatic heterocycles. The molecular formula is C20H34NOSi+. The summed E-state index contributed by atoms with van der Waals surface area (Å²) in [5.74, 6) is 0.511. The Morgan fingerprint density at radius 2 is 1.65 bits per heavy atom. The first-order chi connectivity index (χ1) is 11.0. The van der Waals surface area contributed by atoms with E-state index in [1.807, 2.05) is 0 Å². The van der Waals surface area contributed by atoms with E-state index in [1.165, 1.54) is 54.7 Å². The Balaban J connectivity index is 2.17. The van der Waals surface area contributed by atoms with Crippen LogP contribution in [-0.2, 0) is 4.43 Å². The van der Waals surface area contributed by atoms with Crippen molar-refractivity contribution in [1.82, 2.24) is 0 Å². The van der Waals surface area contributed by atoms with Crippen LogP contribution in [0.4, 0.5) is 5.69 Å². The predicted molar refractivity (Wildman–Crippen MR) is 104 cm³/mol. The third-order valence-electron chi connectivity index (χ3n) is 5.65. The zero-order chi connectivity index (χ0) is 16.9. The maximum Gasteiger partial charge on any atom is 0.261 e. The molecule has 1 aromatic rings. The molecule has 1 fully saturated rings. The molecule has 2 rings (SSSR count). The molecule has 0 heterocycles. The van der Waals surface area contributed by atoms with E-state index in [0.717, 1.165) is 6.42 Å². The fourth-order valence-corrected chi connectivity index (χ4v) is 6.44. The van der Waals surface area contributed by atoms with Gasteiger partial charge in [0.15, 0.2) is 5.92 Å². The van der Waals surface area contributed by atoms with Crippen molar-refractivity contribution in [3.8, 4) is 0 Å². The molecule has 0 amide bonds. The lowest BCUT2D eigenvalue weighted by Crippen LogP contribution is -2.39. The van der Waals surface area contributed by atoms with Gasteiger partial charge in [0.25, 0.3) is 8.32 Å². The van der Waals surface area contributed by atoms with Gasteiger partial charge in [0.1, 0.15) is 6.42 Å². The molecule has 128 valence electrons. The van der Waals surface area contributed by atoms with Gasteiger partial charge in [-0.1, -0.05) is 32.9 Å². The van der Waals surface area contributed by atoms with Crippen molar-refractivity contribution in [1.29, 1.82) is 0 Å². The van der Waals surface area contributed by atoms with Gasteiger partial charge in [-0.05, 0) is 49.5 Å². The molecule has 0 N–H and O–H groups in total. The zero-order valence-corrected chi connectivity index (χ0v) is 16.7. The van der Waals surface area contributed by atoms with Gasteiger partial charge in [-0.3, -0.25) is 0 Å². The van der Waals surface area contributed by atoms with Crippen LogP contribution in [-0.4, -0.2) is 22.4 Å². The average Bonchev–Trinajstić information content (AvgIpc) is 2.60. The minimum Gasteiger partial charge on any atom is -0.378 e. The van der Waals surface area contributed by atoms with Gasteiger partial charge >= 0.3 is 0 Å². The molecule has 0 bridgehead atoms. The predicted octanol–water partition coefficient (Wildman–Crippen LogP) is 5.96. The number of rotatable bonds is 7. The Labute approximate surface area is 144 Å². The van der Waals surface area contributed by atoms with Crippen molar-refractivity contribution in [3.05, 3.63) is 35.9 Å². The van der Waals surface area contributed by atoms with Crippen molar-refractivity contribution in [2.24, 2.45) is 0 Å². The van der Waals surface area contributed by atoms with Crippen LogP contribution in [0.2, 0.25) is 18.1 Å². The highest BCUT2D eigenvalue weighted by Gasteiger charge is 2.45. The number of hydrogen-bond acceptors (Lipinski definition) is 2. The molecule has 1 aliphatic rings. The molecule has 3 heteroatoms. The summed E-state index contributed by atoms with van der Waals surface area (Å²) in [6, 6.07) is 12.8. The minimum atomic E-state index is -1.55. The maximum atomic E-state index is 6.82. The van der Waals surface area contributed by atoms with Crippen molar-refractivity contribution >= 4 is 14.0 Å². The van der Waals surface area contributed by atoms with Crippen LogP contribution in [0, 0.1) is 6.10 Å². The Hall–Kier alpha value is -0.933. The first-order valence-corrected chi connectivity index (χ1v) is 11.9. The summed E-state index contributed by atoms with van der Waals surface area (Å²) in [5.41, 5.74) is 2.71. The van der Waals surface area contributed by atoms with Crippen molar-refractivity contribution in [2.75, 3.05) is 19.0 Å². The second-order valence-electron chi connectivity index (χ2n) is 7.10. The van der Waals surface area contributed by atoms with Crippen molar-refractivity contribution in [2.45, 2.75) is 70.5 Å². The van der Waals surface area contributed by atoms with Crippen molar-refractivity contribution in [3.63, 3.8) is 0 Å².